The summed E-state index contributed by atoms with van der Waals surface area (Å²) in [5.74, 6) is 0.895. The maximum Gasteiger partial charge on any atom is 1.00 e. The molecule has 0 aromatic rings. The maximum absolute atomic E-state index is 4.51. The Kier molecular flexibility index (Phi) is 8.40. The van der Waals surface area contributed by atoms with Gasteiger partial charge in [-0.1, -0.05) is 33.5 Å². The molecule has 4 heteroatoms. The van der Waals surface area contributed by atoms with Gasteiger partial charge in [-0.05, 0) is 39.1 Å². The summed E-state index contributed by atoms with van der Waals surface area (Å²) >= 11 is 0. The summed E-state index contributed by atoms with van der Waals surface area (Å²) in [6, 6.07) is 0.316. The molecular formula is C11H24CuN3. The Hall–Kier alpha value is -0.0505. The van der Waals surface area contributed by atoms with Crippen LogP contribution in [0.15, 0.2) is 4.99 Å². The van der Waals surface area contributed by atoms with Crippen LogP contribution in [0.5, 0.6) is 0 Å². The third kappa shape index (κ3) is 11.9. The monoisotopic (exact) mass is 261 g/mol. The Bertz CT molecular complexity index is 194. The van der Waals surface area contributed by atoms with Crippen LogP contribution in [0.1, 0.15) is 34.6 Å². The molecule has 94 valence electrons. The fourth-order valence-electron chi connectivity index (χ4n) is 1.40. The van der Waals surface area contributed by atoms with Gasteiger partial charge in [-0.3, -0.25) is 0 Å². The van der Waals surface area contributed by atoms with Gasteiger partial charge in [0.15, 0.2) is 0 Å². The molecule has 1 atom stereocenters. The van der Waals surface area contributed by atoms with Crippen molar-refractivity contribution in [3.8, 4) is 0 Å². The standard InChI is InChI=1S/C11H24N3.Cu/c1-9(8-14(6)7)12-10(2)13-11(3,4)5;/h9H,8H2,1-7H3;/q-1;+1. The first kappa shape index (κ1) is 17.3. The van der Waals surface area contributed by atoms with Crippen molar-refractivity contribution in [1.82, 2.24) is 4.90 Å². The van der Waals surface area contributed by atoms with Crippen molar-refractivity contribution in [2.75, 3.05) is 20.6 Å². The molecule has 15 heavy (non-hydrogen) atoms. The topological polar surface area (TPSA) is 29.7 Å². The third-order valence-electron chi connectivity index (χ3n) is 1.53. The molecule has 1 unspecified atom stereocenters. The van der Waals surface area contributed by atoms with Crippen LogP contribution in [0.4, 0.5) is 0 Å². The van der Waals surface area contributed by atoms with Crippen LogP contribution in [0, 0.1) is 0 Å². The number of amidine groups is 1. The summed E-state index contributed by atoms with van der Waals surface area (Å²) in [5.41, 5.74) is -0.0224. The van der Waals surface area contributed by atoms with Crippen LogP contribution in [-0.4, -0.2) is 43.0 Å². The minimum absolute atomic E-state index is 0. The minimum atomic E-state index is -0.0224. The fraction of sp³-hybridized carbons (Fsp3) is 0.909. The Labute approximate surface area is 105 Å². The predicted molar refractivity (Wildman–Crippen MR) is 64.2 cm³/mol. The van der Waals surface area contributed by atoms with E-state index in [1.54, 1.807) is 0 Å². The zero-order valence-electron chi connectivity index (χ0n) is 10.9. The van der Waals surface area contributed by atoms with Crippen molar-refractivity contribution in [2.24, 2.45) is 4.99 Å². The van der Waals surface area contributed by atoms with Gasteiger partial charge in [-0.25, -0.2) is 0 Å². The average Bonchev–Trinajstić information content (AvgIpc) is 1.77. The van der Waals surface area contributed by atoms with Crippen LogP contribution in [-0.2, 0) is 17.1 Å². The third-order valence-corrected chi connectivity index (χ3v) is 1.53. The van der Waals surface area contributed by atoms with Gasteiger partial charge in [0.2, 0.25) is 0 Å². The molecule has 0 saturated carbocycles. The number of rotatable bonds is 3. The van der Waals surface area contributed by atoms with Gasteiger partial charge in [0, 0.05) is 0 Å². The first-order chi connectivity index (χ1) is 6.20. The van der Waals surface area contributed by atoms with E-state index >= 15 is 0 Å². The average molecular weight is 262 g/mol. The molecule has 0 aliphatic rings. The quantitative estimate of drug-likeness (QED) is 0.436. The second-order valence-corrected chi connectivity index (χ2v) is 5.07. The largest absolute Gasteiger partial charge is 1.00 e. The van der Waals surface area contributed by atoms with Gasteiger partial charge in [-0.15, -0.1) is 0 Å². The van der Waals surface area contributed by atoms with Gasteiger partial charge in [0.1, 0.15) is 0 Å². The molecule has 3 nitrogen and oxygen atoms in total. The van der Waals surface area contributed by atoms with Crippen molar-refractivity contribution in [2.45, 2.75) is 46.2 Å². The molecule has 0 aliphatic carbocycles. The first-order valence-electron chi connectivity index (χ1n) is 5.13. The molecule has 0 aromatic carbocycles. The van der Waals surface area contributed by atoms with E-state index in [0.717, 1.165) is 12.4 Å². The normalized spacial score (nSPS) is 14.8. The molecule has 0 heterocycles. The first-order valence-corrected chi connectivity index (χ1v) is 5.13. The summed E-state index contributed by atoms with van der Waals surface area (Å²) in [6.45, 7) is 11.3. The van der Waals surface area contributed by atoms with Gasteiger partial charge in [-0.2, -0.15) is 0 Å². The summed E-state index contributed by atoms with van der Waals surface area (Å²) in [4.78, 5) is 6.63. The molecule has 0 radical (unpaired) electrons. The molecule has 0 N–H and O–H groups in total. The maximum atomic E-state index is 4.51. The molecule has 0 aliphatic heterocycles. The second kappa shape index (κ2) is 7.26. The van der Waals surface area contributed by atoms with Gasteiger partial charge < -0.3 is 15.2 Å². The molecule has 0 bridgehead atoms. The smallest absolute Gasteiger partial charge is 0.465 e. The van der Waals surface area contributed by atoms with Crippen molar-refractivity contribution < 1.29 is 17.1 Å². The number of nitrogens with zero attached hydrogens (tertiary/aromatic N) is 3. The van der Waals surface area contributed by atoms with Crippen LogP contribution < -0.4 is 0 Å². The van der Waals surface area contributed by atoms with Crippen molar-refractivity contribution in [3.63, 3.8) is 0 Å². The zero-order chi connectivity index (χ0) is 11.4. The number of aliphatic imine (C=N–C) groups is 1. The van der Waals surface area contributed by atoms with Crippen molar-refractivity contribution >= 4 is 5.84 Å². The number of hydrogen-bond donors (Lipinski definition) is 0. The Morgan fingerprint density at radius 1 is 1.33 bits per heavy atom. The Morgan fingerprint density at radius 3 is 2.13 bits per heavy atom. The number of hydrogen-bond acceptors (Lipinski definition) is 2. The summed E-state index contributed by atoms with van der Waals surface area (Å²) < 4.78 is 0. The second-order valence-electron chi connectivity index (χ2n) is 5.07. The molecule has 0 amide bonds. The van der Waals surface area contributed by atoms with E-state index in [9.17, 15) is 0 Å². The Morgan fingerprint density at radius 2 is 1.80 bits per heavy atom. The zero-order valence-corrected chi connectivity index (χ0v) is 11.9. The van der Waals surface area contributed by atoms with E-state index in [-0.39, 0.29) is 22.6 Å². The van der Waals surface area contributed by atoms with Crippen LogP contribution in [0.2, 0.25) is 0 Å². The summed E-state index contributed by atoms with van der Waals surface area (Å²) in [5, 5.41) is 4.51. The van der Waals surface area contributed by atoms with Crippen LogP contribution >= 0.6 is 0 Å². The summed E-state index contributed by atoms with van der Waals surface area (Å²) in [6.07, 6.45) is 0. The van der Waals surface area contributed by atoms with E-state index in [1.807, 2.05) is 6.92 Å². The molecule has 0 rings (SSSR count). The van der Waals surface area contributed by atoms with E-state index in [2.05, 4.69) is 57.0 Å². The summed E-state index contributed by atoms with van der Waals surface area (Å²) in [7, 11) is 4.12. The minimum Gasteiger partial charge on any atom is -0.465 e. The van der Waals surface area contributed by atoms with Crippen LogP contribution in [0.25, 0.3) is 5.32 Å². The van der Waals surface area contributed by atoms with Gasteiger partial charge in [0.25, 0.3) is 0 Å². The molecular weight excluding hydrogens is 238 g/mol. The SMILES string of the molecule is CC(=NC(C)(C)C)[N-]C(C)CN(C)C.[Cu+]. The van der Waals surface area contributed by atoms with Gasteiger partial charge >= 0.3 is 17.1 Å². The van der Waals surface area contributed by atoms with Crippen LogP contribution in [0.3, 0.4) is 0 Å². The van der Waals surface area contributed by atoms with Gasteiger partial charge in [0.05, 0.1) is 0 Å². The van der Waals surface area contributed by atoms with E-state index < -0.39 is 0 Å². The molecule has 0 aromatic heterocycles. The van der Waals surface area contributed by atoms with E-state index in [1.165, 1.54) is 0 Å². The van der Waals surface area contributed by atoms with Crippen molar-refractivity contribution in [3.05, 3.63) is 5.32 Å². The predicted octanol–water partition coefficient (Wildman–Crippen LogP) is 2.52. The van der Waals surface area contributed by atoms with E-state index in [0.29, 0.717) is 6.04 Å². The molecule has 0 spiro atoms. The number of likely N-dealkylation sites (N-methyl/N-ethyl adjacent to an activating group) is 1. The molecule has 0 fully saturated rings. The molecule has 0 saturated heterocycles. The fourth-order valence-corrected chi connectivity index (χ4v) is 1.40. The Balaban J connectivity index is 0. The van der Waals surface area contributed by atoms with Crippen molar-refractivity contribution in [1.29, 1.82) is 0 Å². The van der Waals surface area contributed by atoms with E-state index in [4.69, 9.17) is 0 Å².